The second-order valence-electron chi connectivity index (χ2n) is 2.39. The van der Waals surface area contributed by atoms with Crippen LogP contribution in [-0.4, -0.2) is 21.0 Å². The number of aliphatic carboxylic acids is 1. The molecule has 12 heavy (non-hydrogen) atoms. The molecule has 0 saturated carbocycles. The minimum absolute atomic E-state index is 0.306. The summed E-state index contributed by atoms with van der Waals surface area (Å²) in [6.45, 7) is 1.59. The van der Waals surface area contributed by atoms with Crippen LogP contribution < -0.4 is 0 Å². The molecule has 0 aliphatic carbocycles. The van der Waals surface area contributed by atoms with Gasteiger partial charge in [-0.25, -0.2) is 4.98 Å². The highest BCUT2D eigenvalue weighted by Crippen LogP contribution is 2.10. The zero-order valence-electron chi connectivity index (χ0n) is 6.44. The molecule has 1 aromatic heterocycles. The molecule has 0 fully saturated rings. The average Bonchev–Trinajstić information content (AvgIpc) is 2.03. The Labute approximate surface area is 74.3 Å². The summed E-state index contributed by atoms with van der Waals surface area (Å²) < 4.78 is 0.306. The van der Waals surface area contributed by atoms with E-state index in [-0.39, 0.29) is 0 Å². The van der Waals surface area contributed by atoms with Crippen LogP contribution in [0.25, 0.3) is 0 Å². The maximum atomic E-state index is 10.5. The lowest BCUT2D eigenvalue weighted by Gasteiger charge is -2.04. The predicted molar refractivity (Wildman–Crippen MR) is 45.5 cm³/mol. The maximum absolute atomic E-state index is 10.5. The Balaban J connectivity index is 3.03. The van der Waals surface area contributed by atoms with Crippen molar-refractivity contribution in [2.24, 2.45) is 0 Å². The smallest absolute Gasteiger partial charge is 0.312 e. The molecular formula is C7H8N2O2S. The second kappa shape index (κ2) is 3.44. The lowest BCUT2D eigenvalue weighted by Crippen LogP contribution is -2.09. The first-order valence-electron chi connectivity index (χ1n) is 3.39. The molecule has 1 atom stereocenters. The first-order chi connectivity index (χ1) is 5.61. The minimum atomic E-state index is -0.883. The lowest BCUT2D eigenvalue weighted by molar-refractivity contribution is -0.138. The van der Waals surface area contributed by atoms with Crippen molar-refractivity contribution >= 4 is 18.2 Å². The number of nitrogens with zero attached hydrogens (tertiary/aromatic N) is 1. The summed E-state index contributed by atoms with van der Waals surface area (Å²) in [4.78, 5) is 17.0. The van der Waals surface area contributed by atoms with E-state index < -0.39 is 11.9 Å². The summed E-state index contributed by atoms with van der Waals surface area (Å²) in [6, 6.07) is 1.61. The van der Waals surface area contributed by atoms with Gasteiger partial charge in [-0.05, 0) is 25.2 Å². The van der Waals surface area contributed by atoms with Crippen molar-refractivity contribution in [3.8, 4) is 0 Å². The highest BCUT2D eigenvalue weighted by atomic mass is 32.1. The molecule has 0 amide bonds. The van der Waals surface area contributed by atoms with Crippen LogP contribution in [0.2, 0.25) is 0 Å². The first kappa shape index (κ1) is 8.86. The molecular weight excluding hydrogens is 176 g/mol. The number of carboxylic acids is 1. The van der Waals surface area contributed by atoms with Crippen LogP contribution in [-0.2, 0) is 4.79 Å². The number of nitrogens with one attached hydrogen (secondary N) is 1. The molecule has 1 heterocycles. The molecule has 1 rings (SSSR count). The summed E-state index contributed by atoms with van der Waals surface area (Å²) in [5.74, 6) is -1.46. The molecule has 4 nitrogen and oxygen atoms in total. The molecule has 0 bridgehead atoms. The fraction of sp³-hybridized carbons (Fsp3) is 0.286. The van der Waals surface area contributed by atoms with Crippen LogP contribution in [0.5, 0.6) is 0 Å². The standard InChI is InChI=1S/C7H8N2O2S/c1-4(6(10)11)5-2-3-8-7(12)9-5/h2-4H,1H3,(H,10,11)(H,8,9,12). The molecule has 0 aromatic carbocycles. The monoisotopic (exact) mass is 184 g/mol. The highest BCUT2D eigenvalue weighted by Gasteiger charge is 2.13. The van der Waals surface area contributed by atoms with Gasteiger partial charge < -0.3 is 10.1 Å². The van der Waals surface area contributed by atoms with Gasteiger partial charge in [0.15, 0.2) is 4.77 Å². The zero-order chi connectivity index (χ0) is 9.14. The summed E-state index contributed by atoms with van der Waals surface area (Å²) >= 11 is 4.75. The number of aromatic nitrogens is 2. The van der Waals surface area contributed by atoms with E-state index in [0.717, 1.165) is 0 Å². The van der Waals surface area contributed by atoms with E-state index in [1.165, 1.54) is 6.20 Å². The Hall–Kier alpha value is -1.23. The van der Waals surface area contributed by atoms with Gasteiger partial charge in [0.2, 0.25) is 0 Å². The Morgan fingerprint density at radius 1 is 1.83 bits per heavy atom. The van der Waals surface area contributed by atoms with E-state index in [2.05, 4.69) is 9.97 Å². The maximum Gasteiger partial charge on any atom is 0.312 e. The number of aromatic amines is 1. The normalized spacial score (nSPS) is 12.4. The van der Waals surface area contributed by atoms with E-state index in [1.807, 2.05) is 0 Å². The van der Waals surface area contributed by atoms with Crippen molar-refractivity contribution in [1.82, 2.24) is 9.97 Å². The van der Waals surface area contributed by atoms with Gasteiger partial charge in [-0.1, -0.05) is 0 Å². The molecule has 1 aromatic rings. The third-order valence-corrected chi connectivity index (χ3v) is 1.74. The van der Waals surface area contributed by atoms with Gasteiger partial charge in [0.05, 0.1) is 5.92 Å². The van der Waals surface area contributed by atoms with Crippen LogP contribution in [0.4, 0.5) is 0 Å². The quantitative estimate of drug-likeness (QED) is 0.680. The van der Waals surface area contributed by atoms with Crippen molar-refractivity contribution in [2.75, 3.05) is 0 Å². The van der Waals surface area contributed by atoms with E-state index in [9.17, 15) is 4.79 Å². The SMILES string of the molecule is CC(C(=O)O)c1ccnc(=S)[nH]1. The second-order valence-corrected chi connectivity index (χ2v) is 2.78. The fourth-order valence-electron chi connectivity index (χ4n) is 0.768. The number of H-pyrrole nitrogens is 1. The van der Waals surface area contributed by atoms with Gasteiger partial charge in [0.25, 0.3) is 0 Å². The molecule has 0 aliphatic rings. The molecule has 2 N–H and O–H groups in total. The van der Waals surface area contributed by atoms with Crippen LogP contribution >= 0.6 is 12.2 Å². The van der Waals surface area contributed by atoms with E-state index in [0.29, 0.717) is 10.5 Å². The number of carbonyl (C=O) groups is 1. The molecule has 0 radical (unpaired) electrons. The van der Waals surface area contributed by atoms with Crippen molar-refractivity contribution in [2.45, 2.75) is 12.8 Å². The van der Waals surface area contributed by atoms with Gasteiger partial charge in [0.1, 0.15) is 0 Å². The van der Waals surface area contributed by atoms with Gasteiger partial charge >= 0.3 is 5.97 Å². The van der Waals surface area contributed by atoms with Crippen LogP contribution in [0.3, 0.4) is 0 Å². The Morgan fingerprint density at radius 3 is 3.00 bits per heavy atom. The van der Waals surface area contributed by atoms with Crippen molar-refractivity contribution in [3.63, 3.8) is 0 Å². The summed E-state index contributed by atoms with van der Waals surface area (Å²) in [5, 5.41) is 8.65. The van der Waals surface area contributed by atoms with Crippen molar-refractivity contribution in [1.29, 1.82) is 0 Å². The number of rotatable bonds is 2. The molecule has 0 saturated heterocycles. The lowest BCUT2D eigenvalue weighted by atomic mass is 10.1. The Kier molecular flexibility index (Phi) is 2.54. The minimum Gasteiger partial charge on any atom is -0.481 e. The molecule has 0 spiro atoms. The first-order valence-corrected chi connectivity index (χ1v) is 3.80. The van der Waals surface area contributed by atoms with Crippen LogP contribution in [0.1, 0.15) is 18.5 Å². The highest BCUT2D eigenvalue weighted by molar-refractivity contribution is 7.71. The van der Waals surface area contributed by atoms with Gasteiger partial charge in [-0.2, -0.15) is 0 Å². The largest absolute Gasteiger partial charge is 0.481 e. The topological polar surface area (TPSA) is 66.0 Å². The van der Waals surface area contributed by atoms with Gasteiger partial charge in [-0.3, -0.25) is 4.79 Å². The van der Waals surface area contributed by atoms with Crippen molar-refractivity contribution < 1.29 is 9.90 Å². The van der Waals surface area contributed by atoms with Crippen LogP contribution in [0.15, 0.2) is 12.3 Å². The van der Waals surface area contributed by atoms with Crippen LogP contribution in [0, 0.1) is 4.77 Å². The van der Waals surface area contributed by atoms with Crippen molar-refractivity contribution in [3.05, 3.63) is 22.7 Å². The van der Waals surface area contributed by atoms with Gasteiger partial charge in [-0.15, -0.1) is 0 Å². The summed E-state index contributed by atoms with van der Waals surface area (Å²) in [6.07, 6.45) is 1.49. The molecule has 1 unspecified atom stereocenters. The number of hydrogen-bond acceptors (Lipinski definition) is 3. The third-order valence-electron chi connectivity index (χ3n) is 1.53. The van der Waals surface area contributed by atoms with E-state index in [1.54, 1.807) is 13.0 Å². The third kappa shape index (κ3) is 1.88. The Bertz CT molecular complexity index is 347. The van der Waals surface area contributed by atoms with E-state index in [4.69, 9.17) is 17.3 Å². The zero-order valence-corrected chi connectivity index (χ0v) is 7.26. The van der Waals surface area contributed by atoms with E-state index >= 15 is 0 Å². The predicted octanol–water partition coefficient (Wildman–Crippen LogP) is 1.33. The molecule has 0 aliphatic heterocycles. The number of hydrogen-bond donors (Lipinski definition) is 2. The average molecular weight is 184 g/mol. The molecule has 5 heteroatoms. The summed E-state index contributed by atoms with van der Waals surface area (Å²) in [5.41, 5.74) is 0.572. The Morgan fingerprint density at radius 2 is 2.50 bits per heavy atom. The fourth-order valence-corrected chi connectivity index (χ4v) is 0.947. The summed E-state index contributed by atoms with van der Waals surface area (Å²) in [7, 11) is 0. The molecule has 64 valence electrons. The van der Waals surface area contributed by atoms with Gasteiger partial charge in [0, 0.05) is 11.9 Å². The number of carboxylic acid groups (broad SMARTS) is 1.